The Morgan fingerprint density at radius 1 is 1.12 bits per heavy atom. The molecule has 0 spiro atoms. The lowest BCUT2D eigenvalue weighted by atomic mass is 10.1. The first-order valence-corrected chi connectivity index (χ1v) is 10.3. The maximum atomic E-state index is 12.7. The standard InChI is InChI=1S/C18H32N4O2S/c1-6-8-13-20-17(19-7-2)21-14-15-11-9-10-12-16(15)25(23,24)22-18(3,4)5/h9-12,22H,6-8,13-14H2,1-5H3,(H2,19,20,21). The minimum atomic E-state index is -3.59. The maximum Gasteiger partial charge on any atom is 0.241 e. The predicted molar refractivity (Wildman–Crippen MR) is 104 cm³/mol. The van der Waals surface area contributed by atoms with Crippen molar-refractivity contribution in [3.05, 3.63) is 29.8 Å². The van der Waals surface area contributed by atoms with Crippen LogP contribution < -0.4 is 15.4 Å². The van der Waals surface area contributed by atoms with Crippen LogP contribution in [-0.2, 0) is 16.6 Å². The molecule has 0 bridgehead atoms. The molecule has 142 valence electrons. The highest BCUT2D eigenvalue weighted by Gasteiger charge is 2.24. The van der Waals surface area contributed by atoms with Crippen molar-refractivity contribution < 1.29 is 8.42 Å². The van der Waals surface area contributed by atoms with E-state index in [1.807, 2.05) is 33.8 Å². The molecule has 3 N–H and O–H groups in total. The number of nitrogens with one attached hydrogen (secondary N) is 3. The van der Waals surface area contributed by atoms with Gasteiger partial charge in [0.25, 0.3) is 0 Å². The Hall–Kier alpha value is -1.60. The highest BCUT2D eigenvalue weighted by molar-refractivity contribution is 7.89. The summed E-state index contributed by atoms with van der Waals surface area (Å²) < 4.78 is 28.0. The van der Waals surface area contributed by atoms with Crippen LogP contribution in [0.4, 0.5) is 0 Å². The summed E-state index contributed by atoms with van der Waals surface area (Å²) in [6.45, 7) is 11.5. The Balaban J connectivity index is 3.00. The largest absolute Gasteiger partial charge is 0.357 e. The fourth-order valence-corrected chi connectivity index (χ4v) is 3.90. The average molecular weight is 369 g/mol. The third kappa shape index (κ3) is 7.88. The fraction of sp³-hybridized carbons (Fsp3) is 0.611. The average Bonchev–Trinajstić information content (AvgIpc) is 2.51. The minimum Gasteiger partial charge on any atom is -0.357 e. The van der Waals surface area contributed by atoms with E-state index in [4.69, 9.17) is 0 Å². The second-order valence-electron chi connectivity index (χ2n) is 6.94. The van der Waals surface area contributed by atoms with E-state index in [1.165, 1.54) is 0 Å². The van der Waals surface area contributed by atoms with Crippen LogP contribution in [-0.4, -0.2) is 33.0 Å². The Bertz CT molecular complexity index is 664. The topological polar surface area (TPSA) is 82.6 Å². The van der Waals surface area contributed by atoms with Crippen molar-refractivity contribution in [2.24, 2.45) is 4.99 Å². The molecule has 0 atom stereocenters. The lowest BCUT2D eigenvalue weighted by Gasteiger charge is -2.21. The van der Waals surface area contributed by atoms with Gasteiger partial charge in [0.1, 0.15) is 0 Å². The molecule has 0 fully saturated rings. The first-order valence-electron chi connectivity index (χ1n) is 8.83. The molecule has 6 nitrogen and oxygen atoms in total. The number of benzene rings is 1. The molecule has 1 rings (SSSR count). The van der Waals surface area contributed by atoms with E-state index in [-0.39, 0.29) is 4.90 Å². The molecule has 1 aromatic rings. The summed E-state index contributed by atoms with van der Waals surface area (Å²) in [6, 6.07) is 6.99. The second kappa shape index (κ2) is 9.77. The first kappa shape index (κ1) is 21.4. The van der Waals surface area contributed by atoms with E-state index in [2.05, 4.69) is 27.3 Å². The number of guanidine groups is 1. The van der Waals surface area contributed by atoms with Gasteiger partial charge >= 0.3 is 0 Å². The molecular formula is C18H32N4O2S. The minimum absolute atomic E-state index is 0.276. The van der Waals surface area contributed by atoms with Gasteiger partial charge in [0.05, 0.1) is 11.4 Å². The van der Waals surface area contributed by atoms with Gasteiger partial charge in [0.2, 0.25) is 10.0 Å². The van der Waals surface area contributed by atoms with Gasteiger partial charge in [0, 0.05) is 18.6 Å². The van der Waals surface area contributed by atoms with E-state index in [1.54, 1.807) is 18.2 Å². The summed E-state index contributed by atoms with van der Waals surface area (Å²) in [5.41, 5.74) is 0.137. The maximum absolute atomic E-state index is 12.7. The van der Waals surface area contributed by atoms with Crippen LogP contribution in [0.25, 0.3) is 0 Å². The molecule has 0 saturated heterocycles. The van der Waals surface area contributed by atoms with Crippen LogP contribution in [0.3, 0.4) is 0 Å². The molecule has 0 aliphatic rings. The molecular weight excluding hydrogens is 336 g/mol. The number of sulfonamides is 1. The lowest BCUT2D eigenvalue weighted by Crippen LogP contribution is -2.40. The summed E-state index contributed by atoms with van der Waals surface area (Å²) in [7, 11) is -3.59. The second-order valence-corrected chi connectivity index (χ2v) is 8.59. The van der Waals surface area contributed by atoms with Gasteiger partial charge in [0.15, 0.2) is 5.96 Å². The zero-order chi connectivity index (χ0) is 18.9. The summed E-state index contributed by atoms with van der Waals surface area (Å²) in [6.07, 6.45) is 2.16. The van der Waals surface area contributed by atoms with Gasteiger partial charge in [-0.25, -0.2) is 18.1 Å². The molecule has 0 aliphatic heterocycles. The number of hydrogen-bond donors (Lipinski definition) is 3. The quantitative estimate of drug-likeness (QED) is 0.374. The third-order valence-corrected chi connectivity index (χ3v) is 5.14. The van der Waals surface area contributed by atoms with Crippen LogP contribution in [0.5, 0.6) is 0 Å². The SMILES string of the molecule is CCCCNC(=NCc1ccccc1S(=O)(=O)NC(C)(C)C)NCC. The Morgan fingerprint density at radius 3 is 2.40 bits per heavy atom. The van der Waals surface area contributed by atoms with Crippen molar-refractivity contribution in [3.63, 3.8) is 0 Å². The number of nitrogens with zero attached hydrogens (tertiary/aromatic N) is 1. The van der Waals surface area contributed by atoms with Gasteiger partial charge in [-0.05, 0) is 45.7 Å². The Labute approximate surface area is 152 Å². The van der Waals surface area contributed by atoms with Crippen molar-refractivity contribution in [1.82, 2.24) is 15.4 Å². The van der Waals surface area contributed by atoms with Gasteiger partial charge in [-0.1, -0.05) is 31.5 Å². The molecule has 0 unspecified atom stereocenters. The Kier molecular flexibility index (Phi) is 8.38. The van der Waals surface area contributed by atoms with E-state index < -0.39 is 15.6 Å². The van der Waals surface area contributed by atoms with E-state index in [9.17, 15) is 8.42 Å². The molecule has 0 amide bonds. The number of hydrogen-bond acceptors (Lipinski definition) is 3. The van der Waals surface area contributed by atoms with Crippen molar-refractivity contribution in [2.75, 3.05) is 13.1 Å². The summed E-state index contributed by atoms with van der Waals surface area (Å²) in [5, 5.41) is 6.44. The number of unbranched alkanes of at least 4 members (excludes halogenated alkanes) is 1. The molecule has 0 aliphatic carbocycles. The third-order valence-electron chi connectivity index (χ3n) is 3.28. The number of rotatable bonds is 8. The van der Waals surface area contributed by atoms with E-state index >= 15 is 0 Å². The highest BCUT2D eigenvalue weighted by atomic mass is 32.2. The smallest absolute Gasteiger partial charge is 0.241 e. The zero-order valence-corrected chi connectivity index (χ0v) is 16.8. The first-order chi connectivity index (χ1) is 11.7. The van der Waals surface area contributed by atoms with Crippen LogP contribution in [0.2, 0.25) is 0 Å². The van der Waals surface area contributed by atoms with Gasteiger partial charge < -0.3 is 10.6 Å². The number of aliphatic imine (C=N–C) groups is 1. The molecule has 7 heteroatoms. The van der Waals surface area contributed by atoms with Crippen LogP contribution >= 0.6 is 0 Å². The van der Waals surface area contributed by atoms with E-state index in [0.717, 1.165) is 25.9 Å². The molecule has 0 heterocycles. The normalized spacial score (nSPS) is 12.9. The van der Waals surface area contributed by atoms with E-state index in [0.29, 0.717) is 18.1 Å². The molecule has 0 aromatic heterocycles. The zero-order valence-electron chi connectivity index (χ0n) is 16.0. The van der Waals surface area contributed by atoms with Gasteiger partial charge in [-0.2, -0.15) is 0 Å². The van der Waals surface area contributed by atoms with Crippen molar-refractivity contribution in [1.29, 1.82) is 0 Å². The van der Waals surface area contributed by atoms with Gasteiger partial charge in [-0.15, -0.1) is 0 Å². The van der Waals surface area contributed by atoms with Crippen LogP contribution in [0, 0.1) is 0 Å². The summed E-state index contributed by atoms with van der Waals surface area (Å²) >= 11 is 0. The summed E-state index contributed by atoms with van der Waals surface area (Å²) in [4.78, 5) is 4.80. The molecule has 25 heavy (non-hydrogen) atoms. The molecule has 0 radical (unpaired) electrons. The summed E-state index contributed by atoms with van der Waals surface area (Å²) in [5.74, 6) is 0.701. The van der Waals surface area contributed by atoms with Crippen molar-refractivity contribution in [3.8, 4) is 0 Å². The van der Waals surface area contributed by atoms with Crippen LogP contribution in [0.1, 0.15) is 53.0 Å². The van der Waals surface area contributed by atoms with Gasteiger partial charge in [-0.3, -0.25) is 0 Å². The van der Waals surface area contributed by atoms with Crippen molar-refractivity contribution >= 4 is 16.0 Å². The fourth-order valence-electron chi connectivity index (χ4n) is 2.24. The van der Waals surface area contributed by atoms with Crippen LogP contribution in [0.15, 0.2) is 34.2 Å². The highest BCUT2D eigenvalue weighted by Crippen LogP contribution is 2.18. The molecule has 1 aromatic carbocycles. The monoisotopic (exact) mass is 368 g/mol. The predicted octanol–water partition coefficient (Wildman–Crippen LogP) is 2.62. The lowest BCUT2D eigenvalue weighted by molar-refractivity contribution is 0.491. The Morgan fingerprint density at radius 2 is 1.80 bits per heavy atom. The molecule has 0 saturated carbocycles. The van der Waals surface area contributed by atoms with Crippen molar-refractivity contribution in [2.45, 2.75) is 64.4 Å².